The maximum Gasteiger partial charge on any atom is 0.338 e. The first-order chi connectivity index (χ1) is 13.5. The molecule has 154 valence electrons. The lowest BCUT2D eigenvalue weighted by atomic mass is 9.63. The van der Waals surface area contributed by atoms with Gasteiger partial charge in [0.1, 0.15) is 5.69 Å². The Bertz CT molecular complexity index is 979. The lowest BCUT2D eigenvalue weighted by Gasteiger charge is -2.42. The number of nitro benzene ring substituents is 1. The van der Waals surface area contributed by atoms with E-state index in [1.165, 1.54) is 24.3 Å². The van der Waals surface area contributed by atoms with E-state index in [1.54, 1.807) is 17.0 Å². The predicted octanol–water partition coefficient (Wildman–Crippen LogP) is 5.50. The van der Waals surface area contributed by atoms with Gasteiger partial charge in [0.2, 0.25) is 0 Å². The third-order valence-corrected chi connectivity index (χ3v) is 6.18. The molecule has 0 atom stereocenters. The molecule has 6 heteroatoms. The quantitative estimate of drug-likeness (QED) is 0.388. The van der Waals surface area contributed by atoms with Gasteiger partial charge in [-0.05, 0) is 59.1 Å². The fourth-order valence-electron chi connectivity index (χ4n) is 4.12. The number of nitro groups is 1. The Balaban J connectivity index is 2.09. The zero-order valence-corrected chi connectivity index (χ0v) is 17.9. The van der Waals surface area contributed by atoms with Crippen molar-refractivity contribution in [3.63, 3.8) is 0 Å². The Kier molecular flexibility index (Phi) is 5.15. The molecule has 0 spiro atoms. The summed E-state index contributed by atoms with van der Waals surface area (Å²) in [5, 5.41) is 11.7. The predicted molar refractivity (Wildman–Crippen MR) is 114 cm³/mol. The van der Waals surface area contributed by atoms with Crippen LogP contribution in [0, 0.1) is 10.1 Å². The van der Waals surface area contributed by atoms with Crippen molar-refractivity contribution in [3.8, 4) is 0 Å². The number of carbonyl (C=O) groups excluding carboxylic acids is 1. The molecule has 0 amide bonds. The van der Waals surface area contributed by atoms with Crippen molar-refractivity contribution in [3.05, 3.63) is 63.2 Å². The fourth-order valence-corrected chi connectivity index (χ4v) is 4.12. The summed E-state index contributed by atoms with van der Waals surface area (Å²) in [6.07, 6.45) is 2.22. The average molecular weight is 396 g/mol. The van der Waals surface area contributed by atoms with Crippen LogP contribution in [0.1, 0.15) is 62.0 Å². The van der Waals surface area contributed by atoms with E-state index in [1.807, 2.05) is 13.1 Å². The number of hydrogen-bond donors (Lipinski definition) is 0. The highest BCUT2D eigenvalue weighted by Crippen LogP contribution is 2.47. The van der Waals surface area contributed by atoms with Crippen LogP contribution in [0.15, 0.2) is 36.4 Å². The number of hydrogen-bond acceptors (Lipinski definition) is 5. The number of carbonyl (C=O) groups is 1. The first-order valence-electron chi connectivity index (χ1n) is 9.73. The average Bonchev–Trinajstić information content (AvgIpc) is 2.69. The summed E-state index contributed by atoms with van der Waals surface area (Å²) in [6.45, 7) is 9.03. The molecule has 3 rings (SSSR count). The van der Waals surface area contributed by atoms with E-state index in [-0.39, 0.29) is 22.1 Å². The van der Waals surface area contributed by atoms with E-state index < -0.39 is 10.9 Å². The highest BCUT2D eigenvalue weighted by molar-refractivity contribution is 5.91. The maximum absolute atomic E-state index is 11.8. The van der Waals surface area contributed by atoms with Crippen LogP contribution in [0.2, 0.25) is 0 Å². The molecule has 2 aromatic rings. The summed E-state index contributed by atoms with van der Waals surface area (Å²) in [4.78, 5) is 24.8. The van der Waals surface area contributed by atoms with Crippen molar-refractivity contribution in [2.75, 3.05) is 19.1 Å². The molecular formula is C23H28N2O4. The molecule has 0 saturated carbocycles. The molecule has 0 bridgehead atoms. The van der Waals surface area contributed by atoms with Crippen LogP contribution in [0.3, 0.4) is 0 Å². The number of rotatable bonds is 4. The second-order valence-electron chi connectivity index (χ2n) is 9.01. The number of nitrogens with zero attached hydrogens (tertiary/aromatic N) is 2. The molecule has 29 heavy (non-hydrogen) atoms. The van der Waals surface area contributed by atoms with E-state index >= 15 is 0 Å². The standard InChI is InChI=1S/C23H28N2O4/c1-22(2)11-12-23(3,4)18-14-16(8-9-17(18)22)24(5)19-10-7-15(21(26)29-6)13-20(19)25(27)28/h7-10,13-14H,11-12H2,1-6H3. The Labute approximate surface area is 171 Å². The number of ether oxygens (including phenoxy) is 1. The van der Waals surface area contributed by atoms with Gasteiger partial charge in [0.15, 0.2) is 0 Å². The molecule has 0 aromatic heterocycles. The van der Waals surface area contributed by atoms with Gasteiger partial charge in [0.05, 0.1) is 17.6 Å². The van der Waals surface area contributed by atoms with Gasteiger partial charge in [-0.2, -0.15) is 0 Å². The fraction of sp³-hybridized carbons (Fsp3) is 0.435. The summed E-state index contributed by atoms with van der Waals surface area (Å²) in [7, 11) is 3.06. The number of methoxy groups -OCH3 is 1. The molecule has 0 aliphatic heterocycles. The minimum absolute atomic E-state index is 0.0440. The van der Waals surface area contributed by atoms with Gasteiger partial charge in [0, 0.05) is 18.8 Å². The van der Waals surface area contributed by atoms with Gasteiger partial charge in [-0.15, -0.1) is 0 Å². The Morgan fingerprint density at radius 2 is 1.66 bits per heavy atom. The molecule has 0 heterocycles. The lowest BCUT2D eigenvalue weighted by Crippen LogP contribution is -2.34. The van der Waals surface area contributed by atoms with Crippen molar-refractivity contribution in [2.45, 2.75) is 51.4 Å². The first kappa shape index (κ1) is 20.8. The lowest BCUT2D eigenvalue weighted by molar-refractivity contribution is -0.384. The smallest absolute Gasteiger partial charge is 0.338 e. The third-order valence-electron chi connectivity index (χ3n) is 6.18. The third kappa shape index (κ3) is 3.71. The van der Waals surface area contributed by atoms with E-state index in [2.05, 4.69) is 44.6 Å². The second kappa shape index (κ2) is 7.17. The molecular weight excluding hydrogens is 368 g/mol. The minimum Gasteiger partial charge on any atom is -0.465 e. The van der Waals surface area contributed by atoms with E-state index in [0.29, 0.717) is 5.69 Å². The SMILES string of the molecule is COC(=O)c1ccc(N(C)c2ccc3c(c2)C(C)(C)CCC3(C)C)c([N+](=O)[O-])c1. The van der Waals surface area contributed by atoms with Gasteiger partial charge in [0.25, 0.3) is 5.69 Å². The van der Waals surface area contributed by atoms with Crippen LogP contribution in [-0.4, -0.2) is 25.1 Å². The number of benzene rings is 2. The Morgan fingerprint density at radius 3 is 2.24 bits per heavy atom. The highest BCUT2D eigenvalue weighted by atomic mass is 16.6. The van der Waals surface area contributed by atoms with Crippen LogP contribution in [0.4, 0.5) is 17.1 Å². The van der Waals surface area contributed by atoms with Crippen LogP contribution >= 0.6 is 0 Å². The monoisotopic (exact) mass is 396 g/mol. The van der Waals surface area contributed by atoms with Gasteiger partial charge < -0.3 is 9.64 Å². The molecule has 0 radical (unpaired) electrons. The van der Waals surface area contributed by atoms with E-state index in [4.69, 9.17) is 0 Å². The molecule has 0 unspecified atom stereocenters. The van der Waals surface area contributed by atoms with Crippen LogP contribution < -0.4 is 4.90 Å². The van der Waals surface area contributed by atoms with Crippen molar-refractivity contribution in [1.82, 2.24) is 0 Å². The summed E-state index contributed by atoms with van der Waals surface area (Å²) >= 11 is 0. The summed E-state index contributed by atoms with van der Waals surface area (Å²) in [5.41, 5.74) is 4.10. The zero-order valence-electron chi connectivity index (χ0n) is 17.9. The van der Waals surface area contributed by atoms with Crippen molar-refractivity contribution in [2.24, 2.45) is 0 Å². The van der Waals surface area contributed by atoms with Gasteiger partial charge >= 0.3 is 5.97 Å². The number of esters is 1. The topological polar surface area (TPSA) is 72.7 Å². The van der Waals surface area contributed by atoms with Crippen molar-refractivity contribution < 1.29 is 14.5 Å². The molecule has 6 nitrogen and oxygen atoms in total. The highest BCUT2D eigenvalue weighted by Gasteiger charge is 2.37. The normalized spacial score (nSPS) is 16.6. The Hall–Kier alpha value is -2.89. The maximum atomic E-state index is 11.8. The molecule has 0 fully saturated rings. The summed E-state index contributed by atoms with van der Waals surface area (Å²) < 4.78 is 4.69. The zero-order chi connectivity index (χ0) is 21.6. The van der Waals surface area contributed by atoms with Crippen molar-refractivity contribution >= 4 is 23.0 Å². The Morgan fingerprint density at radius 1 is 1.03 bits per heavy atom. The molecule has 0 saturated heterocycles. The minimum atomic E-state index is -0.597. The molecule has 1 aliphatic rings. The number of anilines is 2. The molecule has 0 N–H and O–H groups in total. The largest absolute Gasteiger partial charge is 0.465 e. The van der Waals surface area contributed by atoms with Crippen LogP contribution in [-0.2, 0) is 15.6 Å². The number of fused-ring (bicyclic) bond motifs is 1. The van der Waals surface area contributed by atoms with Gasteiger partial charge in [-0.3, -0.25) is 10.1 Å². The molecule has 2 aromatic carbocycles. The van der Waals surface area contributed by atoms with Crippen LogP contribution in [0.25, 0.3) is 0 Å². The van der Waals surface area contributed by atoms with Crippen molar-refractivity contribution in [1.29, 1.82) is 0 Å². The summed E-state index contributed by atoms with van der Waals surface area (Å²) in [5.74, 6) is -0.597. The van der Waals surface area contributed by atoms with Crippen LogP contribution in [0.5, 0.6) is 0 Å². The first-order valence-corrected chi connectivity index (χ1v) is 9.73. The second-order valence-corrected chi connectivity index (χ2v) is 9.01. The van der Waals surface area contributed by atoms with E-state index in [9.17, 15) is 14.9 Å². The molecule has 1 aliphatic carbocycles. The summed E-state index contributed by atoms with van der Waals surface area (Å²) in [6, 6.07) is 10.7. The van der Waals surface area contributed by atoms with Gasteiger partial charge in [-0.25, -0.2) is 4.79 Å². The van der Waals surface area contributed by atoms with Gasteiger partial charge in [-0.1, -0.05) is 33.8 Å². The van der Waals surface area contributed by atoms with E-state index in [0.717, 1.165) is 18.5 Å².